The minimum Gasteiger partial charge on any atom is -0.385 e. The van der Waals surface area contributed by atoms with E-state index in [1.807, 2.05) is 6.92 Å². The summed E-state index contributed by atoms with van der Waals surface area (Å²) < 4.78 is 4.97. The van der Waals surface area contributed by atoms with Crippen LogP contribution in [0.15, 0.2) is 0 Å². The van der Waals surface area contributed by atoms with Gasteiger partial charge in [0.1, 0.15) is 5.54 Å². The van der Waals surface area contributed by atoms with Crippen LogP contribution in [0, 0.1) is 5.92 Å². The maximum atomic E-state index is 12.3. The van der Waals surface area contributed by atoms with E-state index in [9.17, 15) is 9.59 Å². The molecule has 2 fully saturated rings. The first-order chi connectivity index (χ1) is 8.08. The second kappa shape index (κ2) is 4.64. The molecule has 0 aromatic rings. The zero-order valence-corrected chi connectivity index (χ0v) is 10.5. The topological polar surface area (TPSA) is 58.6 Å². The van der Waals surface area contributed by atoms with E-state index in [1.54, 1.807) is 12.0 Å². The molecular weight excluding hydrogens is 220 g/mol. The van der Waals surface area contributed by atoms with Gasteiger partial charge in [-0.1, -0.05) is 0 Å². The number of hydrogen-bond acceptors (Lipinski definition) is 3. The molecule has 0 radical (unpaired) electrons. The number of nitrogens with zero attached hydrogens (tertiary/aromatic N) is 1. The van der Waals surface area contributed by atoms with Crippen LogP contribution in [0.4, 0.5) is 0 Å². The minimum atomic E-state index is -0.664. The SMILES string of the molecule is COCCCN1CC(=O)NC(C)(C2CC2)C1=O. The normalized spacial score (nSPS) is 29.4. The van der Waals surface area contributed by atoms with Crippen molar-refractivity contribution in [2.24, 2.45) is 5.92 Å². The van der Waals surface area contributed by atoms with Crippen LogP contribution in [-0.2, 0) is 14.3 Å². The molecule has 1 aliphatic heterocycles. The highest BCUT2D eigenvalue weighted by atomic mass is 16.5. The fourth-order valence-electron chi connectivity index (χ4n) is 2.47. The molecule has 2 rings (SSSR count). The zero-order valence-electron chi connectivity index (χ0n) is 10.5. The summed E-state index contributed by atoms with van der Waals surface area (Å²) >= 11 is 0. The van der Waals surface area contributed by atoms with Gasteiger partial charge < -0.3 is 15.0 Å². The first-order valence-corrected chi connectivity index (χ1v) is 6.17. The Morgan fingerprint density at radius 2 is 2.18 bits per heavy atom. The average molecular weight is 240 g/mol. The molecule has 1 N–H and O–H groups in total. The molecule has 1 saturated heterocycles. The van der Waals surface area contributed by atoms with E-state index in [0.29, 0.717) is 19.1 Å². The highest BCUT2D eigenvalue weighted by Gasteiger charge is 2.52. The van der Waals surface area contributed by atoms with Crippen molar-refractivity contribution < 1.29 is 14.3 Å². The zero-order chi connectivity index (χ0) is 12.5. The Labute approximate surface area is 101 Å². The summed E-state index contributed by atoms with van der Waals surface area (Å²) in [6.07, 6.45) is 2.85. The Kier molecular flexibility index (Phi) is 3.38. The Bertz CT molecular complexity index is 328. The molecule has 0 aromatic carbocycles. The number of hydrogen-bond donors (Lipinski definition) is 1. The van der Waals surface area contributed by atoms with Crippen LogP contribution >= 0.6 is 0 Å². The molecule has 96 valence electrons. The summed E-state index contributed by atoms with van der Waals surface area (Å²) in [5, 5.41) is 2.86. The second-order valence-electron chi connectivity index (χ2n) is 5.10. The molecule has 17 heavy (non-hydrogen) atoms. The molecule has 2 amide bonds. The molecule has 0 bridgehead atoms. The lowest BCUT2D eigenvalue weighted by Gasteiger charge is -2.40. The van der Waals surface area contributed by atoms with Crippen molar-refractivity contribution in [2.45, 2.75) is 31.7 Å². The lowest BCUT2D eigenvalue weighted by atomic mass is 9.91. The van der Waals surface area contributed by atoms with Gasteiger partial charge in [0, 0.05) is 20.3 Å². The predicted molar refractivity (Wildman–Crippen MR) is 62.3 cm³/mol. The molecule has 5 heteroatoms. The van der Waals surface area contributed by atoms with E-state index < -0.39 is 5.54 Å². The van der Waals surface area contributed by atoms with Gasteiger partial charge in [0.15, 0.2) is 0 Å². The van der Waals surface area contributed by atoms with Crippen LogP contribution in [0.5, 0.6) is 0 Å². The van der Waals surface area contributed by atoms with Gasteiger partial charge in [-0.3, -0.25) is 9.59 Å². The third-order valence-corrected chi connectivity index (χ3v) is 3.64. The van der Waals surface area contributed by atoms with E-state index in [-0.39, 0.29) is 18.4 Å². The highest BCUT2D eigenvalue weighted by Crippen LogP contribution is 2.41. The van der Waals surface area contributed by atoms with E-state index in [0.717, 1.165) is 19.3 Å². The summed E-state index contributed by atoms with van der Waals surface area (Å²) in [7, 11) is 1.64. The lowest BCUT2D eigenvalue weighted by Crippen LogP contribution is -2.66. The predicted octanol–water partition coefficient (Wildman–Crippen LogP) is 0.150. The number of piperazine rings is 1. The fraction of sp³-hybridized carbons (Fsp3) is 0.833. The summed E-state index contributed by atoms with van der Waals surface area (Å²) in [6.45, 7) is 3.26. The summed E-state index contributed by atoms with van der Waals surface area (Å²) in [6, 6.07) is 0. The Balaban J connectivity index is 2.01. The fourth-order valence-corrected chi connectivity index (χ4v) is 2.47. The monoisotopic (exact) mass is 240 g/mol. The summed E-state index contributed by atoms with van der Waals surface area (Å²) in [5.74, 6) is 0.344. The maximum absolute atomic E-state index is 12.3. The smallest absolute Gasteiger partial charge is 0.248 e. The van der Waals surface area contributed by atoms with Gasteiger partial charge in [-0.2, -0.15) is 0 Å². The number of amides is 2. The second-order valence-corrected chi connectivity index (χ2v) is 5.10. The van der Waals surface area contributed by atoms with Crippen molar-refractivity contribution in [1.29, 1.82) is 0 Å². The molecule has 1 saturated carbocycles. The van der Waals surface area contributed by atoms with Crippen LogP contribution < -0.4 is 5.32 Å². The van der Waals surface area contributed by atoms with Crippen LogP contribution in [0.25, 0.3) is 0 Å². The Hall–Kier alpha value is -1.10. The van der Waals surface area contributed by atoms with Crippen molar-refractivity contribution >= 4 is 11.8 Å². The van der Waals surface area contributed by atoms with E-state index in [4.69, 9.17) is 4.74 Å². The molecular formula is C12H20N2O3. The van der Waals surface area contributed by atoms with Crippen molar-refractivity contribution in [3.8, 4) is 0 Å². The van der Waals surface area contributed by atoms with Crippen molar-refractivity contribution in [3.63, 3.8) is 0 Å². The number of rotatable bonds is 5. The third kappa shape index (κ3) is 2.44. The van der Waals surface area contributed by atoms with Gasteiger partial charge in [0.25, 0.3) is 0 Å². The Morgan fingerprint density at radius 1 is 1.47 bits per heavy atom. The van der Waals surface area contributed by atoms with Crippen molar-refractivity contribution in [2.75, 3.05) is 26.8 Å². The highest BCUT2D eigenvalue weighted by molar-refractivity contribution is 5.98. The van der Waals surface area contributed by atoms with Crippen LogP contribution in [0.2, 0.25) is 0 Å². The number of carbonyl (C=O) groups excluding carboxylic acids is 2. The molecule has 1 aliphatic carbocycles. The van der Waals surface area contributed by atoms with Gasteiger partial charge in [-0.05, 0) is 32.1 Å². The van der Waals surface area contributed by atoms with Gasteiger partial charge in [-0.25, -0.2) is 0 Å². The van der Waals surface area contributed by atoms with Crippen LogP contribution in [0.1, 0.15) is 26.2 Å². The standard InChI is InChI=1S/C12H20N2O3/c1-12(9-4-5-9)11(16)14(6-3-7-17-2)8-10(15)13-12/h9H,3-8H2,1-2H3,(H,13,15). The first-order valence-electron chi connectivity index (χ1n) is 6.17. The van der Waals surface area contributed by atoms with Gasteiger partial charge >= 0.3 is 0 Å². The molecule has 0 aromatic heterocycles. The lowest BCUT2D eigenvalue weighted by molar-refractivity contribution is -0.150. The maximum Gasteiger partial charge on any atom is 0.248 e. The Morgan fingerprint density at radius 3 is 2.76 bits per heavy atom. The number of carbonyl (C=O) groups is 2. The molecule has 1 atom stereocenters. The largest absolute Gasteiger partial charge is 0.385 e. The van der Waals surface area contributed by atoms with E-state index in [2.05, 4.69) is 5.32 Å². The number of nitrogens with one attached hydrogen (secondary N) is 1. The molecule has 1 unspecified atom stereocenters. The van der Waals surface area contributed by atoms with Crippen LogP contribution in [-0.4, -0.2) is 49.1 Å². The molecule has 1 heterocycles. The van der Waals surface area contributed by atoms with Gasteiger partial charge in [0.05, 0.1) is 6.54 Å². The average Bonchev–Trinajstić information content (AvgIpc) is 3.09. The molecule has 5 nitrogen and oxygen atoms in total. The molecule has 2 aliphatic rings. The minimum absolute atomic E-state index is 0.0450. The molecule has 0 spiro atoms. The van der Waals surface area contributed by atoms with E-state index >= 15 is 0 Å². The van der Waals surface area contributed by atoms with E-state index in [1.165, 1.54) is 0 Å². The number of ether oxygens (including phenoxy) is 1. The van der Waals surface area contributed by atoms with Crippen molar-refractivity contribution in [3.05, 3.63) is 0 Å². The van der Waals surface area contributed by atoms with Crippen LogP contribution in [0.3, 0.4) is 0 Å². The van der Waals surface area contributed by atoms with Gasteiger partial charge in [-0.15, -0.1) is 0 Å². The van der Waals surface area contributed by atoms with Gasteiger partial charge in [0.2, 0.25) is 11.8 Å². The summed E-state index contributed by atoms with van der Waals surface area (Å²) in [4.78, 5) is 25.7. The number of methoxy groups -OCH3 is 1. The van der Waals surface area contributed by atoms with Crippen molar-refractivity contribution in [1.82, 2.24) is 10.2 Å². The first kappa shape index (κ1) is 12.4. The quantitative estimate of drug-likeness (QED) is 0.696. The summed E-state index contributed by atoms with van der Waals surface area (Å²) in [5.41, 5.74) is -0.664. The third-order valence-electron chi connectivity index (χ3n) is 3.64.